The highest BCUT2D eigenvalue weighted by atomic mass is 35.5. The van der Waals surface area contributed by atoms with Crippen LogP contribution in [0, 0.1) is 11.3 Å². The van der Waals surface area contributed by atoms with Gasteiger partial charge in [0.05, 0.1) is 11.5 Å². The van der Waals surface area contributed by atoms with Gasteiger partial charge in [0, 0.05) is 5.38 Å². The van der Waals surface area contributed by atoms with E-state index >= 15 is 0 Å². The van der Waals surface area contributed by atoms with Gasteiger partial charge < -0.3 is 0 Å². The average molecular weight is 352 g/mol. The molecule has 1 aliphatic carbocycles. The number of nitriles is 1. The van der Waals surface area contributed by atoms with E-state index in [1.54, 1.807) is 0 Å². The number of alkyl halides is 1. The topological polar surface area (TPSA) is 23.8 Å². The molecule has 2 unspecified atom stereocenters. The molecule has 25 heavy (non-hydrogen) atoms. The van der Waals surface area contributed by atoms with Crippen LogP contribution in [0.25, 0.3) is 11.1 Å². The molecule has 0 aromatic heterocycles. The van der Waals surface area contributed by atoms with Crippen molar-refractivity contribution in [3.63, 3.8) is 0 Å². The minimum Gasteiger partial charge on any atom is -0.197 e. The average Bonchev–Trinajstić information content (AvgIpc) is 2.67. The second-order valence-electron chi connectivity index (χ2n) is 7.27. The highest BCUT2D eigenvalue weighted by Gasteiger charge is 2.37. The number of hydrogen-bond acceptors (Lipinski definition) is 1. The molecule has 0 saturated heterocycles. The summed E-state index contributed by atoms with van der Waals surface area (Å²) < 4.78 is 0. The zero-order valence-corrected chi connectivity index (χ0v) is 15.7. The molecular weight excluding hydrogens is 326 g/mol. The van der Waals surface area contributed by atoms with Crippen LogP contribution in [0.1, 0.15) is 56.6 Å². The number of rotatable bonds is 5. The van der Waals surface area contributed by atoms with Crippen molar-refractivity contribution < 1.29 is 0 Å². The molecule has 1 fully saturated rings. The number of unbranched alkanes of at least 4 members (excludes halogenated alkanes) is 1. The van der Waals surface area contributed by atoms with Crippen LogP contribution in [-0.4, -0.2) is 5.38 Å². The normalized spacial score (nSPS) is 23.2. The maximum absolute atomic E-state index is 9.79. The van der Waals surface area contributed by atoms with Gasteiger partial charge in [-0.15, -0.1) is 11.6 Å². The van der Waals surface area contributed by atoms with Crippen LogP contribution < -0.4 is 0 Å². The van der Waals surface area contributed by atoms with Crippen molar-refractivity contribution in [2.75, 3.05) is 0 Å². The van der Waals surface area contributed by atoms with Crippen molar-refractivity contribution in [3.05, 3.63) is 59.7 Å². The first-order valence-corrected chi connectivity index (χ1v) is 9.86. The molecule has 0 amide bonds. The molecule has 0 bridgehead atoms. The second kappa shape index (κ2) is 8.07. The fourth-order valence-corrected chi connectivity index (χ4v) is 4.28. The number of benzene rings is 2. The molecule has 0 heterocycles. The zero-order chi connectivity index (χ0) is 17.7. The maximum Gasteiger partial charge on any atom is 0.0836 e. The molecule has 0 N–H and O–H groups in total. The van der Waals surface area contributed by atoms with E-state index in [0.717, 1.165) is 37.7 Å². The molecule has 130 valence electrons. The summed E-state index contributed by atoms with van der Waals surface area (Å²) in [6.45, 7) is 2.22. The summed E-state index contributed by atoms with van der Waals surface area (Å²) in [4.78, 5) is 0. The molecular formula is C23H26ClN. The summed E-state index contributed by atoms with van der Waals surface area (Å²) in [5.74, 6) is 0. The molecule has 2 aromatic carbocycles. The standard InChI is InChI=1S/C23H26ClN/c1-2-3-5-18-7-9-19(10-8-18)20-11-13-21(14-12-20)23(17-25)15-4-6-22(24)16-23/h7-14,22H,2-6,15-16H2,1H3. The first kappa shape index (κ1) is 18.0. The van der Waals surface area contributed by atoms with Gasteiger partial charge in [0.2, 0.25) is 0 Å². The minimum atomic E-state index is -0.410. The summed E-state index contributed by atoms with van der Waals surface area (Å²) in [5, 5.41) is 9.91. The van der Waals surface area contributed by atoms with Crippen LogP contribution in [0.3, 0.4) is 0 Å². The first-order valence-electron chi connectivity index (χ1n) is 9.42. The Morgan fingerprint density at radius 3 is 2.28 bits per heavy atom. The minimum absolute atomic E-state index is 0.115. The third-order valence-corrected chi connectivity index (χ3v) is 5.82. The largest absolute Gasteiger partial charge is 0.197 e. The van der Waals surface area contributed by atoms with Gasteiger partial charge in [-0.2, -0.15) is 5.26 Å². The van der Waals surface area contributed by atoms with E-state index in [9.17, 15) is 5.26 Å². The van der Waals surface area contributed by atoms with Gasteiger partial charge in [-0.05, 0) is 54.4 Å². The molecule has 3 rings (SSSR count). The van der Waals surface area contributed by atoms with Gasteiger partial charge in [0.15, 0.2) is 0 Å². The van der Waals surface area contributed by atoms with E-state index in [4.69, 9.17) is 11.6 Å². The van der Waals surface area contributed by atoms with E-state index in [2.05, 4.69) is 61.5 Å². The number of aryl methyl sites for hydroxylation is 1. The Labute approximate surface area is 156 Å². The molecule has 0 aliphatic heterocycles. The lowest BCUT2D eigenvalue weighted by Crippen LogP contribution is -2.31. The van der Waals surface area contributed by atoms with Gasteiger partial charge >= 0.3 is 0 Å². The first-order chi connectivity index (χ1) is 12.2. The van der Waals surface area contributed by atoms with Gasteiger partial charge in [-0.1, -0.05) is 68.3 Å². The molecule has 1 saturated carbocycles. The maximum atomic E-state index is 9.79. The van der Waals surface area contributed by atoms with Crippen molar-refractivity contribution >= 4 is 11.6 Å². The molecule has 1 aliphatic rings. The highest BCUT2D eigenvalue weighted by Crippen LogP contribution is 2.41. The predicted molar refractivity (Wildman–Crippen MR) is 106 cm³/mol. The number of hydrogen-bond donors (Lipinski definition) is 0. The Bertz CT molecular complexity index is 726. The lowest BCUT2D eigenvalue weighted by Gasteiger charge is -2.33. The zero-order valence-electron chi connectivity index (χ0n) is 15.0. The Morgan fingerprint density at radius 1 is 1.08 bits per heavy atom. The summed E-state index contributed by atoms with van der Waals surface area (Å²) >= 11 is 6.36. The van der Waals surface area contributed by atoms with Crippen molar-refractivity contribution in [1.82, 2.24) is 0 Å². The van der Waals surface area contributed by atoms with Gasteiger partial charge in [-0.25, -0.2) is 0 Å². The molecule has 2 aromatic rings. The third-order valence-electron chi connectivity index (χ3n) is 5.45. The Kier molecular flexibility index (Phi) is 5.82. The summed E-state index contributed by atoms with van der Waals surface area (Å²) in [6.07, 6.45) is 7.35. The monoisotopic (exact) mass is 351 g/mol. The summed E-state index contributed by atoms with van der Waals surface area (Å²) in [5.41, 5.74) is 4.55. The number of nitrogens with zero attached hydrogens (tertiary/aromatic N) is 1. The van der Waals surface area contributed by atoms with Crippen LogP contribution in [0.4, 0.5) is 0 Å². The van der Waals surface area contributed by atoms with Crippen molar-refractivity contribution in [2.24, 2.45) is 0 Å². The van der Waals surface area contributed by atoms with Crippen molar-refractivity contribution in [1.29, 1.82) is 5.26 Å². The highest BCUT2D eigenvalue weighted by molar-refractivity contribution is 6.20. The Morgan fingerprint density at radius 2 is 1.72 bits per heavy atom. The van der Waals surface area contributed by atoms with Crippen LogP contribution in [0.2, 0.25) is 0 Å². The van der Waals surface area contributed by atoms with Gasteiger partial charge in [-0.3, -0.25) is 0 Å². The third kappa shape index (κ3) is 4.07. The lowest BCUT2D eigenvalue weighted by molar-refractivity contribution is 0.371. The van der Waals surface area contributed by atoms with Crippen LogP contribution in [-0.2, 0) is 11.8 Å². The smallest absolute Gasteiger partial charge is 0.0836 e. The summed E-state index contributed by atoms with van der Waals surface area (Å²) in [6, 6.07) is 20.0. The van der Waals surface area contributed by atoms with E-state index in [1.807, 2.05) is 0 Å². The predicted octanol–water partition coefficient (Wildman–Crippen LogP) is 6.64. The second-order valence-corrected chi connectivity index (χ2v) is 7.88. The molecule has 0 radical (unpaired) electrons. The van der Waals surface area contributed by atoms with Gasteiger partial charge in [0.1, 0.15) is 0 Å². The van der Waals surface area contributed by atoms with Crippen LogP contribution in [0.15, 0.2) is 48.5 Å². The summed E-state index contributed by atoms with van der Waals surface area (Å²) in [7, 11) is 0. The SMILES string of the molecule is CCCCc1ccc(-c2ccc(C3(C#N)CCCC(Cl)C3)cc2)cc1. The lowest BCUT2D eigenvalue weighted by atomic mass is 9.70. The quantitative estimate of drug-likeness (QED) is 0.554. The van der Waals surface area contributed by atoms with E-state index in [-0.39, 0.29) is 5.38 Å². The number of halogens is 1. The Balaban J connectivity index is 1.79. The van der Waals surface area contributed by atoms with Crippen molar-refractivity contribution in [3.8, 4) is 17.2 Å². The molecule has 1 nitrogen and oxygen atoms in total. The van der Waals surface area contributed by atoms with Crippen molar-refractivity contribution in [2.45, 2.75) is 62.7 Å². The fourth-order valence-electron chi connectivity index (χ4n) is 3.86. The van der Waals surface area contributed by atoms with E-state index in [0.29, 0.717) is 0 Å². The van der Waals surface area contributed by atoms with Gasteiger partial charge in [0.25, 0.3) is 0 Å². The molecule has 2 atom stereocenters. The van der Waals surface area contributed by atoms with E-state index < -0.39 is 5.41 Å². The molecule has 2 heteroatoms. The fraction of sp³-hybridized carbons (Fsp3) is 0.435. The molecule has 0 spiro atoms. The van der Waals surface area contributed by atoms with Crippen LogP contribution in [0.5, 0.6) is 0 Å². The van der Waals surface area contributed by atoms with Crippen LogP contribution >= 0.6 is 11.6 Å². The van der Waals surface area contributed by atoms with E-state index in [1.165, 1.54) is 29.5 Å². The Hall–Kier alpha value is -1.78.